The van der Waals surface area contributed by atoms with Crippen molar-refractivity contribution in [1.82, 2.24) is 4.90 Å². The SMILES string of the molecule is C/C(CCc1ccc2c(c1)OCO2)=N\N=C(N)SC1CC(=O)N(C)C1=O. The molecular formula is C17H20N4O4S. The van der Waals surface area contributed by atoms with Gasteiger partial charge >= 0.3 is 0 Å². The average molecular weight is 376 g/mol. The molecule has 2 amide bonds. The number of hydrogen-bond donors (Lipinski definition) is 1. The Kier molecular flexibility index (Phi) is 5.46. The van der Waals surface area contributed by atoms with Crippen LogP contribution in [0.4, 0.5) is 0 Å². The van der Waals surface area contributed by atoms with Crippen molar-refractivity contribution >= 4 is 34.5 Å². The molecule has 9 heteroatoms. The maximum atomic E-state index is 11.8. The highest BCUT2D eigenvalue weighted by Crippen LogP contribution is 2.32. The van der Waals surface area contributed by atoms with Gasteiger partial charge in [-0.05, 0) is 37.5 Å². The summed E-state index contributed by atoms with van der Waals surface area (Å²) in [4.78, 5) is 24.5. The first-order valence-corrected chi connectivity index (χ1v) is 9.04. The van der Waals surface area contributed by atoms with Crippen molar-refractivity contribution in [2.24, 2.45) is 15.9 Å². The third-order valence-corrected chi connectivity index (χ3v) is 5.11. The molecule has 1 fully saturated rings. The lowest BCUT2D eigenvalue weighted by Gasteiger charge is -2.07. The van der Waals surface area contributed by atoms with Gasteiger partial charge in [0.25, 0.3) is 0 Å². The molecule has 0 aliphatic carbocycles. The first kappa shape index (κ1) is 18.2. The predicted molar refractivity (Wildman–Crippen MR) is 99.4 cm³/mol. The van der Waals surface area contributed by atoms with E-state index in [1.807, 2.05) is 25.1 Å². The van der Waals surface area contributed by atoms with Crippen LogP contribution in [0.1, 0.15) is 25.3 Å². The van der Waals surface area contributed by atoms with E-state index >= 15 is 0 Å². The number of nitrogens with zero attached hydrogens (tertiary/aromatic N) is 3. The number of nitrogens with two attached hydrogens (primary N) is 1. The molecule has 3 rings (SSSR count). The lowest BCUT2D eigenvalue weighted by molar-refractivity contribution is -0.136. The molecule has 26 heavy (non-hydrogen) atoms. The van der Waals surface area contributed by atoms with Crippen molar-refractivity contribution in [3.63, 3.8) is 0 Å². The minimum absolute atomic E-state index is 0.142. The van der Waals surface area contributed by atoms with E-state index in [1.54, 1.807) is 0 Å². The molecule has 1 aromatic rings. The molecule has 0 spiro atoms. The van der Waals surface area contributed by atoms with Crippen LogP contribution >= 0.6 is 11.8 Å². The van der Waals surface area contributed by atoms with Crippen LogP contribution in [0.15, 0.2) is 28.4 Å². The lowest BCUT2D eigenvalue weighted by atomic mass is 10.1. The number of amidine groups is 1. The van der Waals surface area contributed by atoms with E-state index < -0.39 is 5.25 Å². The monoisotopic (exact) mass is 376 g/mol. The zero-order valence-electron chi connectivity index (χ0n) is 14.6. The first-order chi connectivity index (χ1) is 12.4. The Labute approximate surface area is 155 Å². The van der Waals surface area contributed by atoms with Crippen LogP contribution < -0.4 is 15.2 Å². The molecule has 2 aliphatic heterocycles. The second-order valence-corrected chi connectivity index (χ2v) is 7.29. The van der Waals surface area contributed by atoms with Crippen molar-refractivity contribution in [3.8, 4) is 11.5 Å². The van der Waals surface area contributed by atoms with E-state index in [1.165, 1.54) is 7.05 Å². The number of ether oxygens (including phenoxy) is 2. The highest BCUT2D eigenvalue weighted by Gasteiger charge is 2.37. The molecule has 8 nitrogen and oxygen atoms in total. The molecule has 2 aliphatic rings. The van der Waals surface area contributed by atoms with E-state index in [-0.39, 0.29) is 30.2 Å². The molecular weight excluding hydrogens is 356 g/mol. The molecule has 0 bridgehead atoms. The quantitative estimate of drug-likeness (QED) is 0.361. The molecule has 0 aromatic heterocycles. The van der Waals surface area contributed by atoms with Crippen LogP contribution in [0.3, 0.4) is 0 Å². The second-order valence-electron chi connectivity index (χ2n) is 6.06. The van der Waals surface area contributed by atoms with Crippen LogP contribution in [-0.4, -0.2) is 46.7 Å². The molecule has 1 saturated heterocycles. The third kappa shape index (κ3) is 4.16. The van der Waals surface area contributed by atoms with E-state index in [2.05, 4.69) is 10.2 Å². The van der Waals surface area contributed by atoms with Crippen molar-refractivity contribution < 1.29 is 19.1 Å². The third-order valence-electron chi connectivity index (χ3n) is 4.13. The second kappa shape index (κ2) is 7.77. The highest BCUT2D eigenvalue weighted by atomic mass is 32.2. The Bertz CT molecular complexity index is 793. The van der Waals surface area contributed by atoms with Gasteiger partial charge in [0.05, 0.1) is 0 Å². The molecule has 1 atom stereocenters. The number of carbonyl (C=O) groups is 2. The van der Waals surface area contributed by atoms with Crippen molar-refractivity contribution in [2.75, 3.05) is 13.8 Å². The van der Waals surface area contributed by atoms with E-state index in [0.717, 1.165) is 45.9 Å². The van der Waals surface area contributed by atoms with Crippen LogP contribution in [0.25, 0.3) is 0 Å². The molecule has 0 radical (unpaired) electrons. The van der Waals surface area contributed by atoms with Crippen LogP contribution in [0, 0.1) is 0 Å². The lowest BCUT2D eigenvalue weighted by Crippen LogP contribution is -2.27. The summed E-state index contributed by atoms with van der Waals surface area (Å²) in [5.41, 5.74) is 7.75. The molecule has 2 heterocycles. The smallest absolute Gasteiger partial charge is 0.243 e. The summed E-state index contributed by atoms with van der Waals surface area (Å²) in [5.74, 6) is 1.07. The normalized spacial score (nSPS) is 20.2. The van der Waals surface area contributed by atoms with Gasteiger partial charge < -0.3 is 15.2 Å². The van der Waals surface area contributed by atoms with Crippen LogP contribution in [0.5, 0.6) is 11.5 Å². The van der Waals surface area contributed by atoms with Gasteiger partial charge in [-0.1, -0.05) is 17.8 Å². The number of rotatable bonds is 5. The predicted octanol–water partition coefficient (Wildman–Crippen LogP) is 1.53. The van der Waals surface area contributed by atoms with E-state index in [4.69, 9.17) is 15.2 Å². The van der Waals surface area contributed by atoms with Gasteiger partial charge in [0, 0.05) is 19.2 Å². The number of fused-ring (bicyclic) bond motifs is 1. The summed E-state index contributed by atoms with van der Waals surface area (Å²) in [6.45, 7) is 2.13. The number of benzene rings is 1. The fourth-order valence-electron chi connectivity index (χ4n) is 2.59. The summed E-state index contributed by atoms with van der Waals surface area (Å²) in [7, 11) is 1.47. The maximum Gasteiger partial charge on any atom is 0.243 e. The topological polar surface area (TPSA) is 107 Å². The van der Waals surface area contributed by atoms with Crippen molar-refractivity contribution in [2.45, 2.75) is 31.4 Å². The number of imide groups is 1. The molecule has 138 valence electrons. The Morgan fingerprint density at radius 2 is 2.08 bits per heavy atom. The fraction of sp³-hybridized carbons (Fsp3) is 0.412. The minimum Gasteiger partial charge on any atom is -0.454 e. The highest BCUT2D eigenvalue weighted by molar-refractivity contribution is 8.14. The zero-order chi connectivity index (χ0) is 18.7. The molecule has 2 N–H and O–H groups in total. The van der Waals surface area contributed by atoms with E-state index in [0.29, 0.717) is 6.42 Å². The van der Waals surface area contributed by atoms with Gasteiger partial charge in [-0.3, -0.25) is 14.5 Å². The first-order valence-electron chi connectivity index (χ1n) is 8.16. The average Bonchev–Trinajstić information content (AvgIpc) is 3.18. The zero-order valence-corrected chi connectivity index (χ0v) is 15.4. The largest absolute Gasteiger partial charge is 0.454 e. The number of hydrogen-bond acceptors (Lipinski definition) is 7. The summed E-state index contributed by atoms with van der Waals surface area (Å²) >= 11 is 1.07. The molecule has 0 saturated carbocycles. The van der Waals surface area contributed by atoms with Crippen LogP contribution in [0.2, 0.25) is 0 Å². The van der Waals surface area contributed by atoms with Gasteiger partial charge in [0.15, 0.2) is 16.7 Å². The number of thioether (sulfide) groups is 1. The Balaban J connectivity index is 1.52. The standard InChI is InChI=1S/C17H20N4O4S/c1-10(3-4-11-5-6-12-13(7-11)25-9-24-12)19-20-17(18)26-14-8-15(22)21(2)16(14)23/h5-7,14H,3-4,8-9H2,1-2H3,(H2,18,20)/b19-10+. The Hall–Kier alpha value is -2.55. The maximum absolute atomic E-state index is 11.8. The van der Waals surface area contributed by atoms with Gasteiger partial charge in [0.2, 0.25) is 18.6 Å². The van der Waals surface area contributed by atoms with Gasteiger partial charge in [-0.2, -0.15) is 5.10 Å². The Morgan fingerprint density at radius 3 is 2.81 bits per heavy atom. The molecule has 1 unspecified atom stereocenters. The number of amides is 2. The Morgan fingerprint density at radius 1 is 1.31 bits per heavy atom. The van der Waals surface area contributed by atoms with Crippen LogP contribution in [-0.2, 0) is 16.0 Å². The number of likely N-dealkylation sites (tertiary alicyclic amines) is 1. The van der Waals surface area contributed by atoms with Gasteiger partial charge in [0.1, 0.15) is 5.25 Å². The number of carbonyl (C=O) groups excluding carboxylic acids is 2. The van der Waals surface area contributed by atoms with Crippen molar-refractivity contribution in [3.05, 3.63) is 23.8 Å². The van der Waals surface area contributed by atoms with Gasteiger partial charge in [-0.15, -0.1) is 5.10 Å². The van der Waals surface area contributed by atoms with Gasteiger partial charge in [-0.25, -0.2) is 0 Å². The van der Waals surface area contributed by atoms with E-state index in [9.17, 15) is 9.59 Å². The number of aryl methyl sites for hydroxylation is 1. The summed E-state index contributed by atoms with van der Waals surface area (Å²) < 4.78 is 10.7. The summed E-state index contributed by atoms with van der Waals surface area (Å²) in [6.07, 6.45) is 1.64. The molecule has 1 aromatic carbocycles. The van der Waals surface area contributed by atoms with Crippen molar-refractivity contribution in [1.29, 1.82) is 0 Å². The fourth-order valence-corrected chi connectivity index (χ4v) is 3.45. The summed E-state index contributed by atoms with van der Waals surface area (Å²) in [6, 6.07) is 5.85. The summed E-state index contributed by atoms with van der Waals surface area (Å²) in [5, 5.41) is 7.73. The minimum atomic E-state index is -0.514.